The fraction of sp³-hybridized carbons (Fsp3) is 0.455. The van der Waals surface area contributed by atoms with Crippen LogP contribution in [-0.4, -0.2) is 41.3 Å². The largest absolute Gasteiger partial charge is 0.478 e. The molecule has 0 aromatic carbocycles. The third-order valence-electron chi connectivity index (χ3n) is 2.23. The van der Waals surface area contributed by atoms with E-state index in [-0.39, 0.29) is 24.1 Å². The standard InChI is InChI=1S/C11H15BrN2O4/c1-7(6-18-2)13-10(15)5-14-4-8(11(16)17)3-9(14)12/h3-4,7H,5-6H2,1-2H3,(H,13,15)(H,16,17). The molecule has 0 aliphatic heterocycles. The minimum atomic E-state index is -1.03. The smallest absolute Gasteiger partial charge is 0.337 e. The second-order valence-electron chi connectivity index (χ2n) is 3.91. The molecule has 2 N–H and O–H groups in total. The molecule has 100 valence electrons. The number of nitrogens with one attached hydrogen (secondary N) is 1. The number of rotatable bonds is 6. The molecular formula is C11H15BrN2O4. The third kappa shape index (κ3) is 4.15. The number of hydrogen-bond acceptors (Lipinski definition) is 3. The van der Waals surface area contributed by atoms with Gasteiger partial charge in [-0.1, -0.05) is 0 Å². The van der Waals surface area contributed by atoms with Gasteiger partial charge in [-0.05, 0) is 28.9 Å². The number of aromatic nitrogens is 1. The molecule has 0 radical (unpaired) electrons. The third-order valence-corrected chi connectivity index (χ3v) is 2.91. The van der Waals surface area contributed by atoms with Crippen molar-refractivity contribution in [3.8, 4) is 0 Å². The van der Waals surface area contributed by atoms with Crippen molar-refractivity contribution in [2.45, 2.75) is 19.5 Å². The van der Waals surface area contributed by atoms with Gasteiger partial charge in [0.25, 0.3) is 0 Å². The molecule has 0 bridgehead atoms. The van der Waals surface area contributed by atoms with E-state index in [0.29, 0.717) is 11.2 Å². The minimum Gasteiger partial charge on any atom is -0.478 e. The lowest BCUT2D eigenvalue weighted by atomic mass is 10.3. The molecule has 1 atom stereocenters. The van der Waals surface area contributed by atoms with Crippen LogP contribution in [-0.2, 0) is 16.1 Å². The summed E-state index contributed by atoms with van der Waals surface area (Å²) >= 11 is 3.21. The Hall–Kier alpha value is -1.34. The summed E-state index contributed by atoms with van der Waals surface area (Å²) in [5.74, 6) is -1.23. The van der Waals surface area contributed by atoms with E-state index in [4.69, 9.17) is 9.84 Å². The van der Waals surface area contributed by atoms with E-state index >= 15 is 0 Å². The lowest BCUT2D eigenvalue weighted by Gasteiger charge is -2.13. The molecule has 1 unspecified atom stereocenters. The van der Waals surface area contributed by atoms with Gasteiger partial charge in [-0.3, -0.25) is 4.79 Å². The van der Waals surface area contributed by atoms with Gasteiger partial charge in [0.05, 0.1) is 16.8 Å². The molecule has 18 heavy (non-hydrogen) atoms. The second kappa shape index (κ2) is 6.55. The lowest BCUT2D eigenvalue weighted by molar-refractivity contribution is -0.122. The van der Waals surface area contributed by atoms with E-state index < -0.39 is 5.97 Å². The number of carboxylic acids is 1. The molecule has 0 spiro atoms. The Labute approximate surface area is 113 Å². The first-order valence-corrected chi connectivity index (χ1v) is 6.10. The molecule has 0 aliphatic rings. The SMILES string of the molecule is COCC(C)NC(=O)Cn1cc(C(=O)O)cc1Br. The van der Waals surface area contributed by atoms with Crippen molar-refractivity contribution in [1.82, 2.24) is 9.88 Å². The van der Waals surface area contributed by atoms with Crippen LogP contribution in [0.5, 0.6) is 0 Å². The number of carboxylic acid groups (broad SMARTS) is 1. The topological polar surface area (TPSA) is 80.6 Å². The Balaban J connectivity index is 2.61. The molecule has 1 aromatic rings. The van der Waals surface area contributed by atoms with Crippen LogP contribution in [0.3, 0.4) is 0 Å². The Bertz CT molecular complexity index is 444. The van der Waals surface area contributed by atoms with E-state index in [2.05, 4.69) is 21.2 Å². The highest BCUT2D eigenvalue weighted by Crippen LogP contribution is 2.15. The average molecular weight is 319 g/mol. The normalized spacial score (nSPS) is 12.2. The van der Waals surface area contributed by atoms with Crippen molar-refractivity contribution in [2.75, 3.05) is 13.7 Å². The van der Waals surface area contributed by atoms with Crippen molar-refractivity contribution < 1.29 is 19.4 Å². The molecule has 1 aromatic heterocycles. The molecule has 0 saturated carbocycles. The number of nitrogens with zero attached hydrogens (tertiary/aromatic N) is 1. The van der Waals surface area contributed by atoms with Gasteiger partial charge in [0.1, 0.15) is 6.54 Å². The van der Waals surface area contributed by atoms with E-state index in [0.717, 1.165) is 0 Å². The van der Waals surface area contributed by atoms with Gasteiger partial charge < -0.3 is 19.7 Å². The van der Waals surface area contributed by atoms with Crippen molar-refractivity contribution >= 4 is 27.8 Å². The minimum absolute atomic E-state index is 0.0575. The zero-order valence-electron chi connectivity index (χ0n) is 10.1. The van der Waals surface area contributed by atoms with Gasteiger partial charge in [0, 0.05) is 19.3 Å². The molecule has 1 amide bonds. The number of amides is 1. The predicted molar refractivity (Wildman–Crippen MR) is 68.6 cm³/mol. The number of methoxy groups -OCH3 is 1. The highest BCUT2D eigenvalue weighted by Gasteiger charge is 2.13. The van der Waals surface area contributed by atoms with Crippen molar-refractivity contribution in [3.63, 3.8) is 0 Å². The summed E-state index contributed by atoms with van der Waals surface area (Å²) in [6.07, 6.45) is 1.41. The summed E-state index contributed by atoms with van der Waals surface area (Å²) < 4.78 is 6.98. The maximum absolute atomic E-state index is 11.7. The Kier molecular flexibility index (Phi) is 5.36. The molecule has 6 nitrogen and oxygen atoms in total. The summed E-state index contributed by atoms with van der Waals surface area (Å²) in [7, 11) is 1.56. The maximum Gasteiger partial charge on any atom is 0.337 e. The molecule has 0 saturated heterocycles. The van der Waals surface area contributed by atoms with Gasteiger partial charge in [-0.25, -0.2) is 4.79 Å². The van der Waals surface area contributed by atoms with Gasteiger partial charge in [-0.2, -0.15) is 0 Å². The predicted octanol–water partition coefficient (Wildman–Crippen LogP) is 1.10. The van der Waals surface area contributed by atoms with Crippen LogP contribution in [0.1, 0.15) is 17.3 Å². The zero-order chi connectivity index (χ0) is 13.7. The van der Waals surface area contributed by atoms with Crippen LogP contribution >= 0.6 is 15.9 Å². The van der Waals surface area contributed by atoms with Crippen molar-refractivity contribution in [3.05, 3.63) is 22.4 Å². The number of ether oxygens (including phenoxy) is 1. The highest BCUT2D eigenvalue weighted by molar-refractivity contribution is 9.10. The van der Waals surface area contributed by atoms with Crippen molar-refractivity contribution in [2.24, 2.45) is 0 Å². The van der Waals surface area contributed by atoms with Gasteiger partial charge in [0.15, 0.2) is 0 Å². The Morgan fingerprint density at radius 2 is 2.28 bits per heavy atom. The van der Waals surface area contributed by atoms with Crippen LogP contribution in [0, 0.1) is 0 Å². The maximum atomic E-state index is 11.7. The first-order chi connectivity index (χ1) is 8.43. The number of halogens is 1. The monoisotopic (exact) mass is 318 g/mol. The number of hydrogen-bond donors (Lipinski definition) is 2. The summed E-state index contributed by atoms with van der Waals surface area (Å²) in [4.78, 5) is 22.4. The van der Waals surface area contributed by atoms with Gasteiger partial charge in [-0.15, -0.1) is 0 Å². The summed E-state index contributed by atoms with van der Waals surface area (Å²) in [6.45, 7) is 2.32. The first-order valence-electron chi connectivity index (χ1n) is 5.31. The Morgan fingerprint density at radius 3 is 2.78 bits per heavy atom. The summed E-state index contributed by atoms with van der Waals surface area (Å²) in [5.41, 5.74) is 0.139. The van der Waals surface area contributed by atoms with Gasteiger partial charge in [0.2, 0.25) is 5.91 Å². The first kappa shape index (κ1) is 14.7. The average Bonchev–Trinajstić information content (AvgIpc) is 2.60. The van der Waals surface area contributed by atoms with E-state index in [1.54, 1.807) is 7.11 Å². The molecule has 1 heterocycles. The Morgan fingerprint density at radius 1 is 1.61 bits per heavy atom. The van der Waals surface area contributed by atoms with Crippen LogP contribution in [0.15, 0.2) is 16.9 Å². The highest BCUT2D eigenvalue weighted by atomic mass is 79.9. The van der Waals surface area contributed by atoms with Gasteiger partial charge >= 0.3 is 5.97 Å². The molecule has 1 rings (SSSR count). The number of aromatic carboxylic acids is 1. The van der Waals surface area contributed by atoms with Crippen LogP contribution in [0.2, 0.25) is 0 Å². The van der Waals surface area contributed by atoms with E-state index in [1.165, 1.54) is 16.8 Å². The quantitative estimate of drug-likeness (QED) is 0.823. The van der Waals surface area contributed by atoms with E-state index in [1.807, 2.05) is 6.92 Å². The summed E-state index contributed by atoms with van der Waals surface area (Å²) in [5, 5.41) is 11.6. The molecular weight excluding hydrogens is 304 g/mol. The number of carbonyl (C=O) groups excluding carboxylic acids is 1. The second-order valence-corrected chi connectivity index (χ2v) is 4.72. The summed E-state index contributed by atoms with van der Waals surface area (Å²) in [6, 6.07) is 1.37. The molecule has 7 heteroatoms. The van der Waals surface area contributed by atoms with Crippen LogP contribution in [0.4, 0.5) is 0 Å². The zero-order valence-corrected chi connectivity index (χ0v) is 11.7. The number of carbonyl (C=O) groups is 2. The van der Waals surface area contributed by atoms with E-state index in [9.17, 15) is 9.59 Å². The van der Waals surface area contributed by atoms with Crippen LogP contribution in [0.25, 0.3) is 0 Å². The molecule has 0 aliphatic carbocycles. The fourth-order valence-electron chi connectivity index (χ4n) is 1.48. The van der Waals surface area contributed by atoms with Crippen molar-refractivity contribution in [1.29, 1.82) is 0 Å². The van der Waals surface area contributed by atoms with Crippen LogP contribution < -0.4 is 5.32 Å². The lowest BCUT2D eigenvalue weighted by Crippen LogP contribution is -2.37. The fourth-order valence-corrected chi connectivity index (χ4v) is 1.96. The molecule has 0 fully saturated rings.